The fourth-order valence-electron chi connectivity index (χ4n) is 2.74. The predicted molar refractivity (Wildman–Crippen MR) is 77.5 cm³/mol. The van der Waals surface area contributed by atoms with Crippen molar-refractivity contribution in [1.82, 2.24) is 19.9 Å². The highest BCUT2D eigenvalue weighted by atomic mass is 16.1. The summed E-state index contributed by atoms with van der Waals surface area (Å²) < 4.78 is 0. The number of aryl methyl sites for hydroxylation is 1. The van der Waals surface area contributed by atoms with E-state index in [2.05, 4.69) is 32.8 Å². The first kappa shape index (κ1) is 13.1. The summed E-state index contributed by atoms with van der Waals surface area (Å²) in [6.45, 7) is 4.64. The molecular weight excluding hydrogens is 252 g/mol. The van der Waals surface area contributed by atoms with Gasteiger partial charge in [-0.2, -0.15) is 0 Å². The maximum Gasteiger partial charge on any atom is 0.254 e. The Morgan fingerprint density at radius 1 is 1.45 bits per heavy atom. The first-order valence-corrected chi connectivity index (χ1v) is 7.22. The van der Waals surface area contributed by atoms with Crippen molar-refractivity contribution in [3.63, 3.8) is 0 Å². The molecule has 0 amide bonds. The Kier molecular flexibility index (Phi) is 3.69. The Balaban J connectivity index is 1.80. The molecule has 1 aliphatic rings. The molecule has 2 N–H and O–H groups in total. The predicted octanol–water partition coefficient (Wildman–Crippen LogP) is 1.61. The van der Waals surface area contributed by atoms with Gasteiger partial charge in [-0.1, -0.05) is 6.92 Å². The molecule has 3 rings (SSSR count). The van der Waals surface area contributed by atoms with E-state index < -0.39 is 0 Å². The normalized spacial score (nSPS) is 15.2. The van der Waals surface area contributed by atoms with Gasteiger partial charge in [0.25, 0.3) is 5.56 Å². The third-order valence-electron chi connectivity index (χ3n) is 3.74. The van der Waals surface area contributed by atoms with Crippen LogP contribution in [-0.4, -0.2) is 26.4 Å². The van der Waals surface area contributed by atoms with E-state index in [4.69, 9.17) is 0 Å². The largest absolute Gasteiger partial charge is 0.364 e. The Labute approximate surface area is 118 Å². The van der Waals surface area contributed by atoms with Gasteiger partial charge in [-0.05, 0) is 25.0 Å². The number of hydrogen-bond donors (Lipinski definition) is 2. The molecule has 0 unspecified atom stereocenters. The summed E-state index contributed by atoms with van der Waals surface area (Å²) in [6.07, 6.45) is 4.55. The average molecular weight is 272 g/mol. The Hall–Kier alpha value is -1.88. The Morgan fingerprint density at radius 3 is 3.10 bits per heavy atom. The van der Waals surface area contributed by atoms with Gasteiger partial charge < -0.3 is 9.97 Å². The monoisotopic (exact) mass is 272 g/mol. The summed E-state index contributed by atoms with van der Waals surface area (Å²) >= 11 is 0. The number of H-pyrrole nitrogens is 2. The number of nitrogens with zero attached hydrogens (tertiary/aromatic N) is 2. The molecule has 20 heavy (non-hydrogen) atoms. The minimum Gasteiger partial charge on any atom is -0.364 e. The number of nitrogens with one attached hydrogen (secondary N) is 2. The maximum atomic E-state index is 12.1. The van der Waals surface area contributed by atoms with Crippen molar-refractivity contribution in [3.05, 3.63) is 51.5 Å². The average Bonchev–Trinajstić information content (AvgIpc) is 2.91. The smallest absolute Gasteiger partial charge is 0.254 e. The Bertz CT molecular complexity index is 630. The van der Waals surface area contributed by atoms with Crippen molar-refractivity contribution < 1.29 is 0 Å². The van der Waals surface area contributed by atoms with Crippen LogP contribution in [0.4, 0.5) is 0 Å². The van der Waals surface area contributed by atoms with E-state index in [-0.39, 0.29) is 5.56 Å². The minimum atomic E-state index is 0.0537. The number of fused-ring (bicyclic) bond motifs is 1. The van der Waals surface area contributed by atoms with Crippen LogP contribution in [0, 0.1) is 0 Å². The van der Waals surface area contributed by atoms with E-state index in [1.165, 1.54) is 5.69 Å². The maximum absolute atomic E-state index is 12.1. The first-order valence-electron chi connectivity index (χ1n) is 7.22. The molecule has 0 saturated carbocycles. The Morgan fingerprint density at radius 2 is 2.35 bits per heavy atom. The number of rotatable bonds is 4. The SMILES string of the molecule is CCCc1nc2c(c(=O)[nH]1)CCN(Cc1ccc[nH]1)C2. The van der Waals surface area contributed by atoms with Crippen LogP contribution in [-0.2, 0) is 25.9 Å². The van der Waals surface area contributed by atoms with Crippen molar-refractivity contribution in [3.8, 4) is 0 Å². The second-order valence-electron chi connectivity index (χ2n) is 5.34. The summed E-state index contributed by atoms with van der Waals surface area (Å²) in [6, 6.07) is 4.10. The van der Waals surface area contributed by atoms with Crippen LogP contribution in [0.1, 0.15) is 36.1 Å². The van der Waals surface area contributed by atoms with E-state index in [1.54, 1.807) is 0 Å². The number of aromatic nitrogens is 3. The molecule has 2 aromatic rings. The molecule has 2 aromatic heterocycles. The lowest BCUT2D eigenvalue weighted by molar-refractivity contribution is 0.237. The number of hydrogen-bond acceptors (Lipinski definition) is 3. The van der Waals surface area contributed by atoms with Crippen molar-refractivity contribution in [2.75, 3.05) is 6.54 Å². The molecule has 3 heterocycles. The summed E-state index contributed by atoms with van der Waals surface area (Å²) in [5, 5.41) is 0. The van der Waals surface area contributed by atoms with Gasteiger partial charge in [0.15, 0.2) is 0 Å². The van der Waals surface area contributed by atoms with Gasteiger partial charge in [-0.25, -0.2) is 4.98 Å². The van der Waals surface area contributed by atoms with E-state index in [0.29, 0.717) is 0 Å². The van der Waals surface area contributed by atoms with Crippen LogP contribution in [0.2, 0.25) is 0 Å². The van der Waals surface area contributed by atoms with Crippen molar-refractivity contribution >= 4 is 0 Å². The summed E-state index contributed by atoms with van der Waals surface area (Å²) in [7, 11) is 0. The zero-order valence-corrected chi connectivity index (χ0v) is 11.8. The van der Waals surface area contributed by atoms with Gasteiger partial charge in [-0.3, -0.25) is 9.69 Å². The van der Waals surface area contributed by atoms with Crippen LogP contribution in [0.15, 0.2) is 23.1 Å². The third kappa shape index (κ3) is 2.67. The van der Waals surface area contributed by atoms with Crippen molar-refractivity contribution in [2.24, 2.45) is 0 Å². The fourth-order valence-corrected chi connectivity index (χ4v) is 2.74. The number of aromatic amines is 2. The first-order chi connectivity index (χ1) is 9.76. The summed E-state index contributed by atoms with van der Waals surface area (Å²) in [5.41, 5.74) is 3.08. The second kappa shape index (κ2) is 5.63. The molecule has 5 nitrogen and oxygen atoms in total. The molecule has 0 atom stereocenters. The van der Waals surface area contributed by atoms with E-state index >= 15 is 0 Å². The fraction of sp³-hybridized carbons (Fsp3) is 0.467. The molecule has 0 fully saturated rings. The van der Waals surface area contributed by atoms with Gasteiger partial charge in [-0.15, -0.1) is 0 Å². The topological polar surface area (TPSA) is 64.8 Å². The second-order valence-corrected chi connectivity index (χ2v) is 5.34. The zero-order valence-electron chi connectivity index (χ0n) is 11.8. The summed E-state index contributed by atoms with van der Waals surface area (Å²) in [4.78, 5) is 25.2. The minimum absolute atomic E-state index is 0.0537. The molecular formula is C15H20N4O. The van der Waals surface area contributed by atoms with Crippen LogP contribution in [0.3, 0.4) is 0 Å². The van der Waals surface area contributed by atoms with E-state index in [9.17, 15) is 4.79 Å². The lowest BCUT2D eigenvalue weighted by atomic mass is 10.1. The van der Waals surface area contributed by atoms with Crippen molar-refractivity contribution in [1.29, 1.82) is 0 Å². The molecule has 0 saturated heterocycles. The molecule has 0 bridgehead atoms. The quantitative estimate of drug-likeness (QED) is 0.888. The van der Waals surface area contributed by atoms with Gasteiger partial charge in [0, 0.05) is 43.5 Å². The molecule has 1 aliphatic heterocycles. The van der Waals surface area contributed by atoms with Crippen LogP contribution in [0.25, 0.3) is 0 Å². The molecule has 5 heteroatoms. The third-order valence-corrected chi connectivity index (χ3v) is 3.74. The van der Waals surface area contributed by atoms with Crippen LogP contribution in [0.5, 0.6) is 0 Å². The lowest BCUT2D eigenvalue weighted by Gasteiger charge is -2.27. The molecule has 0 radical (unpaired) electrons. The van der Waals surface area contributed by atoms with Gasteiger partial charge in [0.1, 0.15) is 5.82 Å². The highest BCUT2D eigenvalue weighted by molar-refractivity contribution is 5.21. The van der Waals surface area contributed by atoms with Gasteiger partial charge in [0.05, 0.1) is 5.69 Å². The molecule has 106 valence electrons. The zero-order chi connectivity index (χ0) is 13.9. The van der Waals surface area contributed by atoms with Crippen molar-refractivity contribution in [2.45, 2.75) is 39.3 Å². The molecule has 0 spiro atoms. The van der Waals surface area contributed by atoms with E-state index in [1.807, 2.05) is 12.3 Å². The lowest BCUT2D eigenvalue weighted by Crippen LogP contribution is -2.35. The van der Waals surface area contributed by atoms with E-state index in [0.717, 1.165) is 56.0 Å². The standard InChI is InChI=1S/C15H20N4O/c1-2-4-14-17-13-10-19(9-11-5-3-7-16-11)8-6-12(13)15(20)18-14/h3,5,7,16H,2,4,6,8-10H2,1H3,(H,17,18,20). The van der Waals surface area contributed by atoms with Crippen LogP contribution < -0.4 is 5.56 Å². The van der Waals surface area contributed by atoms with Gasteiger partial charge in [0.2, 0.25) is 0 Å². The van der Waals surface area contributed by atoms with Crippen LogP contribution >= 0.6 is 0 Å². The van der Waals surface area contributed by atoms with Gasteiger partial charge >= 0.3 is 0 Å². The highest BCUT2D eigenvalue weighted by Gasteiger charge is 2.21. The highest BCUT2D eigenvalue weighted by Crippen LogP contribution is 2.16. The summed E-state index contributed by atoms with van der Waals surface area (Å²) in [5.74, 6) is 0.818. The molecule has 0 aromatic carbocycles. The molecule has 0 aliphatic carbocycles.